The lowest BCUT2D eigenvalue weighted by molar-refractivity contribution is -0.120. The molecule has 0 aliphatic carbocycles. The average Bonchev–Trinajstić information content (AvgIpc) is 2.91. The molecule has 0 saturated carbocycles. The van der Waals surface area contributed by atoms with Crippen molar-refractivity contribution in [3.8, 4) is 0 Å². The summed E-state index contributed by atoms with van der Waals surface area (Å²) in [7, 11) is 0. The molecule has 0 aliphatic rings. The number of aromatic nitrogens is 2. The number of amides is 1. The fourth-order valence-corrected chi connectivity index (χ4v) is 1.78. The monoisotopic (exact) mass is 258 g/mol. The molecule has 0 radical (unpaired) electrons. The van der Waals surface area contributed by atoms with Gasteiger partial charge >= 0.3 is 0 Å². The van der Waals surface area contributed by atoms with Gasteiger partial charge in [0, 0.05) is 31.2 Å². The van der Waals surface area contributed by atoms with Crippen molar-refractivity contribution >= 4 is 11.6 Å². The number of benzene rings is 1. The fourth-order valence-electron chi connectivity index (χ4n) is 1.78. The molecule has 0 bridgehead atoms. The number of nitrogens with one attached hydrogen (secondary N) is 1. The molecule has 3 N–H and O–H groups in total. The smallest absolute Gasteiger partial charge is 0.224 e. The van der Waals surface area contributed by atoms with Gasteiger partial charge in [-0.2, -0.15) is 5.10 Å². The van der Waals surface area contributed by atoms with Crippen LogP contribution >= 0.6 is 0 Å². The van der Waals surface area contributed by atoms with Gasteiger partial charge in [0.1, 0.15) is 0 Å². The zero-order valence-corrected chi connectivity index (χ0v) is 10.7. The van der Waals surface area contributed by atoms with Gasteiger partial charge in [0.25, 0.3) is 0 Å². The third kappa shape index (κ3) is 4.46. The van der Waals surface area contributed by atoms with Crippen LogP contribution in [0.4, 0.5) is 5.69 Å². The Bertz CT molecular complexity index is 505. The Hall–Kier alpha value is -2.30. The molecule has 0 fully saturated rings. The first-order chi connectivity index (χ1) is 9.24. The summed E-state index contributed by atoms with van der Waals surface area (Å²) < 4.78 is 1.85. The highest BCUT2D eigenvalue weighted by Crippen LogP contribution is 2.05. The van der Waals surface area contributed by atoms with Crippen molar-refractivity contribution in [2.75, 3.05) is 12.3 Å². The van der Waals surface area contributed by atoms with E-state index in [0.29, 0.717) is 18.7 Å². The molecular weight excluding hydrogens is 240 g/mol. The summed E-state index contributed by atoms with van der Waals surface area (Å²) in [6.07, 6.45) is 4.92. The summed E-state index contributed by atoms with van der Waals surface area (Å²) in [5.41, 5.74) is 7.28. The lowest BCUT2D eigenvalue weighted by atomic mass is 10.1. The molecule has 5 nitrogen and oxygen atoms in total. The third-order valence-corrected chi connectivity index (χ3v) is 2.79. The van der Waals surface area contributed by atoms with E-state index >= 15 is 0 Å². The molecule has 5 heteroatoms. The first-order valence-electron chi connectivity index (χ1n) is 6.32. The molecule has 19 heavy (non-hydrogen) atoms. The van der Waals surface area contributed by atoms with Crippen molar-refractivity contribution in [1.29, 1.82) is 0 Å². The normalized spacial score (nSPS) is 10.3. The minimum Gasteiger partial charge on any atom is -0.399 e. The highest BCUT2D eigenvalue weighted by atomic mass is 16.1. The van der Waals surface area contributed by atoms with Crippen LogP contribution in [-0.4, -0.2) is 22.2 Å². The summed E-state index contributed by atoms with van der Waals surface area (Å²) in [6, 6.07) is 9.25. The van der Waals surface area contributed by atoms with E-state index in [1.165, 1.54) is 0 Å². The van der Waals surface area contributed by atoms with Crippen LogP contribution in [-0.2, 0) is 17.8 Å². The highest BCUT2D eigenvalue weighted by molar-refractivity contribution is 5.78. The lowest BCUT2D eigenvalue weighted by Gasteiger charge is -2.06. The third-order valence-electron chi connectivity index (χ3n) is 2.79. The second-order valence-corrected chi connectivity index (χ2v) is 4.39. The number of anilines is 1. The van der Waals surface area contributed by atoms with E-state index in [4.69, 9.17) is 5.73 Å². The summed E-state index contributed by atoms with van der Waals surface area (Å²) >= 11 is 0. The van der Waals surface area contributed by atoms with Gasteiger partial charge in [-0.25, -0.2) is 0 Å². The molecule has 2 rings (SSSR count). The maximum Gasteiger partial charge on any atom is 0.224 e. The maximum atomic E-state index is 11.7. The van der Waals surface area contributed by atoms with Crippen LogP contribution in [0.2, 0.25) is 0 Å². The van der Waals surface area contributed by atoms with E-state index in [9.17, 15) is 4.79 Å². The Balaban J connectivity index is 1.65. The number of nitrogens with two attached hydrogens (primary N) is 1. The molecule has 1 amide bonds. The van der Waals surface area contributed by atoms with E-state index in [1.807, 2.05) is 29.1 Å². The van der Waals surface area contributed by atoms with Gasteiger partial charge < -0.3 is 11.1 Å². The highest BCUT2D eigenvalue weighted by Gasteiger charge is 2.02. The number of nitrogen functional groups attached to an aromatic ring is 1. The Kier molecular flexibility index (Phi) is 4.55. The predicted octanol–water partition coefficient (Wildman–Crippen LogP) is 1.21. The van der Waals surface area contributed by atoms with Crippen molar-refractivity contribution in [2.45, 2.75) is 19.4 Å². The van der Waals surface area contributed by atoms with Crippen molar-refractivity contribution in [1.82, 2.24) is 15.1 Å². The first kappa shape index (κ1) is 13.1. The van der Waals surface area contributed by atoms with Gasteiger partial charge in [-0.1, -0.05) is 12.1 Å². The molecular formula is C14H18N4O. The van der Waals surface area contributed by atoms with Crippen LogP contribution in [0.3, 0.4) is 0 Å². The lowest BCUT2D eigenvalue weighted by Crippen LogP contribution is -2.26. The molecule has 0 spiro atoms. The molecule has 1 heterocycles. The minimum absolute atomic E-state index is 0.0326. The number of aryl methyl sites for hydroxylation is 1. The van der Waals surface area contributed by atoms with Gasteiger partial charge in [-0.15, -0.1) is 0 Å². The minimum atomic E-state index is 0.0326. The van der Waals surface area contributed by atoms with Gasteiger partial charge in [-0.05, 0) is 30.2 Å². The van der Waals surface area contributed by atoms with Crippen LogP contribution in [0.15, 0.2) is 42.7 Å². The Labute approximate surface area is 112 Å². The average molecular weight is 258 g/mol. The maximum absolute atomic E-state index is 11.7. The van der Waals surface area contributed by atoms with Crippen LogP contribution in [0.1, 0.15) is 12.0 Å². The summed E-state index contributed by atoms with van der Waals surface area (Å²) in [4.78, 5) is 11.7. The Morgan fingerprint density at radius 1 is 1.32 bits per heavy atom. The number of rotatable bonds is 6. The van der Waals surface area contributed by atoms with Crippen LogP contribution in [0.25, 0.3) is 0 Å². The topological polar surface area (TPSA) is 72.9 Å². The quantitative estimate of drug-likeness (QED) is 0.604. The predicted molar refractivity (Wildman–Crippen MR) is 74.4 cm³/mol. The second-order valence-electron chi connectivity index (χ2n) is 4.39. The van der Waals surface area contributed by atoms with E-state index in [2.05, 4.69) is 10.4 Å². The Morgan fingerprint density at radius 2 is 2.11 bits per heavy atom. The van der Waals surface area contributed by atoms with Crippen molar-refractivity contribution in [3.05, 3.63) is 48.3 Å². The molecule has 0 atom stereocenters. The van der Waals surface area contributed by atoms with E-state index in [-0.39, 0.29) is 5.91 Å². The number of hydrogen-bond donors (Lipinski definition) is 2. The molecule has 0 saturated heterocycles. The SMILES string of the molecule is Nc1ccc(CC(=O)NCCCn2cccn2)cc1. The number of carbonyl (C=O) groups excluding carboxylic acids is 1. The van der Waals surface area contributed by atoms with Crippen molar-refractivity contribution in [3.63, 3.8) is 0 Å². The first-order valence-corrected chi connectivity index (χ1v) is 6.32. The van der Waals surface area contributed by atoms with Gasteiger partial charge in [0.15, 0.2) is 0 Å². The Morgan fingerprint density at radius 3 is 2.79 bits per heavy atom. The number of nitrogens with zero attached hydrogens (tertiary/aromatic N) is 2. The molecule has 100 valence electrons. The fraction of sp³-hybridized carbons (Fsp3) is 0.286. The van der Waals surface area contributed by atoms with Crippen LogP contribution in [0, 0.1) is 0 Å². The molecule has 0 aliphatic heterocycles. The molecule has 2 aromatic rings. The van der Waals surface area contributed by atoms with Gasteiger partial charge in [0.05, 0.1) is 6.42 Å². The van der Waals surface area contributed by atoms with Gasteiger partial charge in [-0.3, -0.25) is 9.48 Å². The van der Waals surface area contributed by atoms with Crippen LogP contribution in [0.5, 0.6) is 0 Å². The molecule has 1 aromatic carbocycles. The molecule has 0 unspecified atom stereocenters. The summed E-state index contributed by atoms with van der Waals surface area (Å²) in [5, 5.41) is 7.00. The second kappa shape index (κ2) is 6.58. The van der Waals surface area contributed by atoms with Gasteiger partial charge in [0.2, 0.25) is 5.91 Å². The van der Waals surface area contributed by atoms with Crippen LogP contribution < -0.4 is 11.1 Å². The van der Waals surface area contributed by atoms with E-state index in [0.717, 1.165) is 18.5 Å². The van der Waals surface area contributed by atoms with E-state index < -0.39 is 0 Å². The standard InChI is InChI=1S/C14H18N4O/c15-13-5-3-12(4-6-13)11-14(19)16-7-1-9-18-10-2-8-17-18/h2-6,8,10H,1,7,9,11,15H2,(H,16,19). The number of carbonyl (C=O) groups is 1. The van der Waals surface area contributed by atoms with Crippen molar-refractivity contribution in [2.24, 2.45) is 0 Å². The summed E-state index contributed by atoms with van der Waals surface area (Å²) in [6.45, 7) is 1.48. The zero-order chi connectivity index (χ0) is 13.5. The zero-order valence-electron chi connectivity index (χ0n) is 10.7. The molecule has 1 aromatic heterocycles. The van der Waals surface area contributed by atoms with Crippen molar-refractivity contribution < 1.29 is 4.79 Å². The largest absolute Gasteiger partial charge is 0.399 e. The number of hydrogen-bond acceptors (Lipinski definition) is 3. The summed E-state index contributed by atoms with van der Waals surface area (Å²) in [5.74, 6) is 0.0326. The van der Waals surface area contributed by atoms with E-state index in [1.54, 1.807) is 18.3 Å².